The maximum Gasteiger partial charge on any atom is 0.338 e. The van der Waals surface area contributed by atoms with Crippen LogP contribution in [0.15, 0.2) is 29.8 Å². The number of nitrogens with one attached hydrogen (secondary N) is 1. The van der Waals surface area contributed by atoms with Gasteiger partial charge in [-0.05, 0) is 43.2 Å². The summed E-state index contributed by atoms with van der Waals surface area (Å²) in [5.41, 5.74) is 3.27. The number of rotatable bonds is 4. The molecule has 134 valence electrons. The molecule has 0 fully saturated rings. The fourth-order valence-corrected chi connectivity index (χ4v) is 3.52. The number of anilines is 1. The average Bonchev–Trinajstić information content (AvgIpc) is 3.16. The van der Waals surface area contributed by atoms with Crippen LogP contribution in [0, 0.1) is 13.8 Å². The molecule has 3 rings (SSSR count). The Morgan fingerprint density at radius 3 is 2.85 bits per heavy atom. The van der Waals surface area contributed by atoms with Gasteiger partial charge in [-0.1, -0.05) is 11.6 Å². The second-order valence-electron chi connectivity index (χ2n) is 5.62. The van der Waals surface area contributed by atoms with Crippen molar-refractivity contribution >= 4 is 51.5 Å². The molecule has 0 bridgehead atoms. The van der Waals surface area contributed by atoms with Gasteiger partial charge >= 0.3 is 5.97 Å². The van der Waals surface area contributed by atoms with E-state index in [0.29, 0.717) is 22.1 Å². The fraction of sp³-hybridized carbons (Fsp3) is 0.167. The van der Waals surface area contributed by atoms with Crippen LogP contribution in [0.5, 0.6) is 0 Å². The third-order valence-corrected chi connectivity index (χ3v) is 5.02. The summed E-state index contributed by atoms with van der Waals surface area (Å²) in [5.74, 6) is -0.784. The minimum absolute atomic E-state index is 0.333. The van der Waals surface area contributed by atoms with Crippen LogP contribution in [-0.2, 0) is 9.53 Å². The Morgan fingerprint density at radius 2 is 2.12 bits per heavy atom. The first kappa shape index (κ1) is 18.2. The van der Waals surface area contributed by atoms with E-state index in [0.717, 1.165) is 16.1 Å². The number of ether oxygens (including phenoxy) is 1. The summed E-state index contributed by atoms with van der Waals surface area (Å²) in [7, 11) is 1.32. The molecule has 1 N–H and O–H groups in total. The number of aromatic nitrogens is 2. The molecule has 0 saturated carbocycles. The molecule has 2 heterocycles. The van der Waals surface area contributed by atoms with Crippen molar-refractivity contribution < 1.29 is 14.3 Å². The van der Waals surface area contributed by atoms with Crippen LogP contribution in [0.25, 0.3) is 11.0 Å². The van der Waals surface area contributed by atoms with E-state index in [2.05, 4.69) is 10.3 Å². The van der Waals surface area contributed by atoms with Gasteiger partial charge in [-0.15, -0.1) is 11.3 Å². The molecule has 0 aliphatic rings. The van der Waals surface area contributed by atoms with Crippen molar-refractivity contribution in [1.82, 2.24) is 9.38 Å². The summed E-state index contributed by atoms with van der Waals surface area (Å²) in [6, 6.07) is 3.40. The normalized spacial score (nSPS) is 11.2. The van der Waals surface area contributed by atoms with Gasteiger partial charge < -0.3 is 10.1 Å². The SMILES string of the molecule is COC(=O)c1cc(NC(=O)/C=C/c2c(Cl)nc3sccn23)cc(C)c1C. The van der Waals surface area contributed by atoms with E-state index in [1.807, 2.05) is 29.8 Å². The molecule has 0 unspecified atom stereocenters. The van der Waals surface area contributed by atoms with Crippen molar-refractivity contribution in [2.45, 2.75) is 13.8 Å². The van der Waals surface area contributed by atoms with Gasteiger partial charge in [-0.3, -0.25) is 9.20 Å². The van der Waals surface area contributed by atoms with Gasteiger partial charge in [0.1, 0.15) is 0 Å². The Morgan fingerprint density at radius 1 is 1.35 bits per heavy atom. The lowest BCUT2D eigenvalue weighted by molar-refractivity contribution is -0.111. The Hall–Kier alpha value is -2.64. The van der Waals surface area contributed by atoms with Crippen molar-refractivity contribution in [3.63, 3.8) is 0 Å². The lowest BCUT2D eigenvalue weighted by Crippen LogP contribution is -2.11. The van der Waals surface area contributed by atoms with Gasteiger partial charge in [0.15, 0.2) is 10.1 Å². The van der Waals surface area contributed by atoms with E-state index >= 15 is 0 Å². The number of thiazole rings is 1. The van der Waals surface area contributed by atoms with E-state index in [1.165, 1.54) is 24.5 Å². The molecule has 0 saturated heterocycles. The highest BCUT2D eigenvalue weighted by Crippen LogP contribution is 2.23. The van der Waals surface area contributed by atoms with Gasteiger partial charge in [-0.25, -0.2) is 9.78 Å². The van der Waals surface area contributed by atoms with Crippen molar-refractivity contribution in [2.24, 2.45) is 0 Å². The van der Waals surface area contributed by atoms with Gasteiger partial charge in [0.2, 0.25) is 5.91 Å². The largest absolute Gasteiger partial charge is 0.465 e. The number of esters is 1. The topological polar surface area (TPSA) is 72.7 Å². The van der Waals surface area contributed by atoms with Crippen LogP contribution in [0.4, 0.5) is 5.69 Å². The van der Waals surface area contributed by atoms with E-state index in [-0.39, 0.29) is 5.91 Å². The van der Waals surface area contributed by atoms with Gasteiger partial charge in [0, 0.05) is 23.3 Å². The van der Waals surface area contributed by atoms with E-state index < -0.39 is 5.97 Å². The zero-order valence-electron chi connectivity index (χ0n) is 14.4. The number of carbonyl (C=O) groups is 2. The highest BCUT2D eigenvalue weighted by atomic mass is 35.5. The highest BCUT2D eigenvalue weighted by Gasteiger charge is 2.13. The number of halogens is 1. The average molecular weight is 390 g/mol. The molecular weight excluding hydrogens is 374 g/mol. The first-order valence-electron chi connectivity index (χ1n) is 7.70. The molecule has 1 amide bonds. The van der Waals surface area contributed by atoms with Crippen molar-refractivity contribution in [2.75, 3.05) is 12.4 Å². The Kier molecular flexibility index (Phi) is 5.11. The number of nitrogens with zero attached hydrogens (tertiary/aromatic N) is 2. The van der Waals surface area contributed by atoms with Gasteiger partial charge in [0.25, 0.3) is 0 Å². The first-order valence-corrected chi connectivity index (χ1v) is 8.96. The number of methoxy groups -OCH3 is 1. The van der Waals surface area contributed by atoms with Gasteiger partial charge in [-0.2, -0.15) is 0 Å². The Balaban J connectivity index is 1.82. The summed E-state index contributed by atoms with van der Waals surface area (Å²) < 4.78 is 6.59. The summed E-state index contributed by atoms with van der Waals surface area (Å²) in [6.45, 7) is 3.70. The number of carbonyl (C=O) groups excluding carboxylic acids is 2. The third-order valence-electron chi connectivity index (χ3n) is 3.99. The fourth-order valence-electron chi connectivity index (χ4n) is 2.52. The molecule has 0 aliphatic carbocycles. The predicted molar refractivity (Wildman–Crippen MR) is 103 cm³/mol. The van der Waals surface area contributed by atoms with Crippen molar-refractivity contribution in [1.29, 1.82) is 0 Å². The molecule has 6 nitrogen and oxygen atoms in total. The van der Waals surface area contributed by atoms with E-state index in [4.69, 9.17) is 16.3 Å². The van der Waals surface area contributed by atoms with Crippen LogP contribution in [0.1, 0.15) is 27.2 Å². The molecule has 1 aromatic carbocycles. The third kappa shape index (κ3) is 3.49. The number of aryl methyl sites for hydroxylation is 1. The first-order chi connectivity index (χ1) is 12.4. The predicted octanol–water partition coefficient (Wildman–Crippen LogP) is 4.10. The lowest BCUT2D eigenvalue weighted by Gasteiger charge is -2.11. The van der Waals surface area contributed by atoms with Crippen LogP contribution >= 0.6 is 22.9 Å². The number of amides is 1. The zero-order valence-corrected chi connectivity index (χ0v) is 15.9. The molecule has 2 aromatic heterocycles. The number of hydrogen-bond donors (Lipinski definition) is 1. The minimum Gasteiger partial charge on any atom is -0.465 e. The summed E-state index contributed by atoms with van der Waals surface area (Å²) in [5, 5.41) is 4.97. The minimum atomic E-state index is -0.442. The monoisotopic (exact) mass is 389 g/mol. The quantitative estimate of drug-likeness (QED) is 0.538. The number of benzene rings is 1. The molecule has 0 aliphatic heterocycles. The number of hydrogen-bond acceptors (Lipinski definition) is 5. The van der Waals surface area contributed by atoms with Crippen molar-refractivity contribution in [3.8, 4) is 0 Å². The molecule has 3 aromatic rings. The Bertz CT molecular complexity index is 1040. The van der Waals surface area contributed by atoms with Crippen LogP contribution in [0.3, 0.4) is 0 Å². The molecule has 0 atom stereocenters. The Labute approximate surface area is 159 Å². The molecule has 0 spiro atoms. The smallest absolute Gasteiger partial charge is 0.338 e. The molecule has 26 heavy (non-hydrogen) atoms. The van der Waals surface area contributed by atoms with E-state index in [1.54, 1.807) is 18.2 Å². The zero-order chi connectivity index (χ0) is 18.8. The molecule has 0 radical (unpaired) electrons. The second kappa shape index (κ2) is 7.31. The highest BCUT2D eigenvalue weighted by molar-refractivity contribution is 7.15. The van der Waals surface area contributed by atoms with E-state index in [9.17, 15) is 9.59 Å². The summed E-state index contributed by atoms with van der Waals surface area (Å²) >= 11 is 7.56. The van der Waals surface area contributed by atoms with Gasteiger partial charge in [0.05, 0.1) is 18.4 Å². The molecular formula is C18H16ClN3O3S. The second-order valence-corrected chi connectivity index (χ2v) is 6.85. The lowest BCUT2D eigenvalue weighted by atomic mass is 10.0. The van der Waals surface area contributed by atoms with Crippen LogP contribution in [-0.4, -0.2) is 28.4 Å². The molecule has 8 heteroatoms. The maximum atomic E-state index is 12.3. The summed E-state index contributed by atoms with van der Waals surface area (Å²) in [6.07, 6.45) is 4.81. The number of imidazole rings is 1. The maximum absolute atomic E-state index is 12.3. The standard InChI is InChI=1S/C18H16ClN3O3S/c1-10-8-12(9-13(11(10)2)17(24)25-3)20-15(23)5-4-14-16(19)21-18-22(14)6-7-26-18/h4-9H,1-3H3,(H,20,23)/b5-4+. The van der Waals surface area contributed by atoms with Crippen LogP contribution in [0.2, 0.25) is 5.15 Å². The van der Waals surface area contributed by atoms with Crippen LogP contribution < -0.4 is 5.32 Å². The summed E-state index contributed by atoms with van der Waals surface area (Å²) in [4.78, 5) is 29.1. The number of fused-ring (bicyclic) bond motifs is 1. The van der Waals surface area contributed by atoms with Crippen molar-refractivity contribution in [3.05, 3.63) is 57.3 Å².